The average molecular weight is 266 g/mol. The maximum atomic E-state index is 12.3. The largest absolute Gasteiger partial charge is 0.477 e. The van der Waals surface area contributed by atoms with Crippen molar-refractivity contribution in [2.24, 2.45) is 0 Å². The molecule has 0 aliphatic carbocycles. The predicted molar refractivity (Wildman–Crippen MR) is 74.9 cm³/mol. The molecule has 0 fully saturated rings. The molecule has 0 atom stereocenters. The minimum atomic E-state index is -1.29. The first-order valence-electron chi connectivity index (χ1n) is 6.03. The van der Waals surface area contributed by atoms with Crippen LogP contribution in [0.15, 0.2) is 63.8 Å². The molecule has 0 aliphatic heterocycles. The summed E-state index contributed by atoms with van der Waals surface area (Å²) in [6, 6.07) is 15.4. The summed E-state index contributed by atoms with van der Waals surface area (Å²) in [5.74, 6) is -1.20. The second kappa shape index (κ2) is 4.66. The van der Waals surface area contributed by atoms with Crippen molar-refractivity contribution in [1.29, 1.82) is 0 Å². The second-order valence-corrected chi connectivity index (χ2v) is 4.30. The SMILES string of the molecule is O=C(O)c1c(-c2ccccc2)oc2ccccc2c1=O. The number of hydrogen-bond donors (Lipinski definition) is 1. The topological polar surface area (TPSA) is 67.5 Å². The molecule has 0 aliphatic rings. The van der Waals surface area contributed by atoms with Gasteiger partial charge in [0.05, 0.1) is 5.39 Å². The number of carboxylic acid groups (broad SMARTS) is 1. The molecule has 0 saturated heterocycles. The zero-order chi connectivity index (χ0) is 14.1. The van der Waals surface area contributed by atoms with Crippen LogP contribution in [0.4, 0.5) is 0 Å². The summed E-state index contributed by atoms with van der Waals surface area (Å²) < 4.78 is 5.64. The van der Waals surface area contributed by atoms with Gasteiger partial charge in [-0.2, -0.15) is 0 Å². The maximum absolute atomic E-state index is 12.3. The third kappa shape index (κ3) is 1.87. The van der Waals surface area contributed by atoms with Crippen LogP contribution >= 0.6 is 0 Å². The molecule has 20 heavy (non-hydrogen) atoms. The van der Waals surface area contributed by atoms with Crippen LogP contribution in [-0.2, 0) is 0 Å². The molecule has 1 aromatic heterocycles. The molecule has 4 heteroatoms. The minimum absolute atomic E-state index is 0.0850. The Balaban J connectivity index is 2.45. The Bertz CT molecular complexity index is 847. The molecule has 0 saturated carbocycles. The van der Waals surface area contributed by atoms with Crippen LogP contribution in [0.3, 0.4) is 0 Å². The number of carboxylic acids is 1. The van der Waals surface area contributed by atoms with E-state index in [-0.39, 0.29) is 16.7 Å². The summed E-state index contributed by atoms with van der Waals surface area (Å²) in [4.78, 5) is 23.7. The highest BCUT2D eigenvalue weighted by molar-refractivity contribution is 5.97. The molecule has 2 aromatic carbocycles. The number of benzene rings is 2. The van der Waals surface area contributed by atoms with Crippen LogP contribution in [-0.4, -0.2) is 11.1 Å². The molecule has 1 heterocycles. The lowest BCUT2D eigenvalue weighted by atomic mass is 10.0. The van der Waals surface area contributed by atoms with Gasteiger partial charge in [-0.25, -0.2) is 4.79 Å². The molecular formula is C16H10O4. The number of aromatic carboxylic acids is 1. The van der Waals surface area contributed by atoms with Crippen LogP contribution in [0, 0.1) is 0 Å². The fourth-order valence-corrected chi connectivity index (χ4v) is 2.13. The Morgan fingerprint density at radius 1 is 0.950 bits per heavy atom. The van der Waals surface area contributed by atoms with Crippen molar-refractivity contribution < 1.29 is 14.3 Å². The van der Waals surface area contributed by atoms with Crippen molar-refractivity contribution in [1.82, 2.24) is 0 Å². The van der Waals surface area contributed by atoms with Gasteiger partial charge in [-0.1, -0.05) is 42.5 Å². The molecule has 0 bridgehead atoms. The Morgan fingerprint density at radius 2 is 1.60 bits per heavy atom. The fourth-order valence-electron chi connectivity index (χ4n) is 2.13. The monoisotopic (exact) mass is 266 g/mol. The first-order chi connectivity index (χ1) is 9.68. The summed E-state index contributed by atoms with van der Waals surface area (Å²) in [6.07, 6.45) is 0. The summed E-state index contributed by atoms with van der Waals surface area (Å²) in [5, 5.41) is 9.58. The molecule has 0 unspecified atom stereocenters. The predicted octanol–water partition coefficient (Wildman–Crippen LogP) is 3.16. The van der Waals surface area contributed by atoms with Crippen molar-refractivity contribution in [3.05, 3.63) is 70.4 Å². The van der Waals surface area contributed by atoms with Gasteiger partial charge in [0, 0.05) is 5.56 Å². The molecule has 3 rings (SSSR count). The number of hydrogen-bond acceptors (Lipinski definition) is 3. The Kier molecular flexibility index (Phi) is 2.84. The van der Waals surface area contributed by atoms with Crippen LogP contribution < -0.4 is 5.43 Å². The van der Waals surface area contributed by atoms with Crippen LogP contribution in [0.1, 0.15) is 10.4 Å². The molecule has 1 N–H and O–H groups in total. The standard InChI is InChI=1S/C16H10O4/c17-14-11-8-4-5-9-12(11)20-15(13(14)16(18)19)10-6-2-1-3-7-10/h1-9H,(H,18,19). The molecule has 3 aromatic rings. The van der Waals surface area contributed by atoms with E-state index in [0.717, 1.165) is 0 Å². The van der Waals surface area contributed by atoms with Gasteiger partial charge in [-0.3, -0.25) is 4.79 Å². The van der Waals surface area contributed by atoms with E-state index in [1.807, 2.05) is 6.07 Å². The fraction of sp³-hybridized carbons (Fsp3) is 0. The molecule has 0 amide bonds. The molecule has 4 nitrogen and oxygen atoms in total. The van der Waals surface area contributed by atoms with Crippen LogP contribution in [0.5, 0.6) is 0 Å². The van der Waals surface area contributed by atoms with Gasteiger partial charge < -0.3 is 9.52 Å². The first-order valence-corrected chi connectivity index (χ1v) is 6.03. The molecule has 98 valence electrons. The van der Waals surface area contributed by atoms with Crippen molar-refractivity contribution in [3.63, 3.8) is 0 Å². The lowest BCUT2D eigenvalue weighted by Crippen LogP contribution is -2.16. The van der Waals surface area contributed by atoms with Gasteiger partial charge in [0.1, 0.15) is 5.58 Å². The van der Waals surface area contributed by atoms with E-state index >= 15 is 0 Å². The van der Waals surface area contributed by atoms with Crippen molar-refractivity contribution in [3.8, 4) is 11.3 Å². The van der Waals surface area contributed by atoms with E-state index in [2.05, 4.69) is 0 Å². The number of carbonyl (C=O) groups is 1. The molecular weight excluding hydrogens is 256 g/mol. The zero-order valence-electron chi connectivity index (χ0n) is 10.4. The highest BCUT2D eigenvalue weighted by Gasteiger charge is 2.21. The Labute approximate surface area is 113 Å². The van der Waals surface area contributed by atoms with Gasteiger partial charge in [0.15, 0.2) is 11.3 Å². The van der Waals surface area contributed by atoms with E-state index in [4.69, 9.17) is 4.42 Å². The smallest absolute Gasteiger partial charge is 0.343 e. The Hall–Kier alpha value is -2.88. The van der Waals surface area contributed by atoms with Crippen LogP contribution in [0.25, 0.3) is 22.3 Å². The van der Waals surface area contributed by atoms with Gasteiger partial charge in [0.25, 0.3) is 0 Å². The third-order valence-electron chi connectivity index (χ3n) is 3.05. The lowest BCUT2D eigenvalue weighted by molar-refractivity contribution is 0.0694. The van der Waals surface area contributed by atoms with Gasteiger partial charge in [0.2, 0.25) is 5.43 Å². The highest BCUT2D eigenvalue weighted by Crippen LogP contribution is 2.25. The van der Waals surface area contributed by atoms with E-state index in [9.17, 15) is 14.7 Å². The number of fused-ring (bicyclic) bond motifs is 1. The van der Waals surface area contributed by atoms with E-state index < -0.39 is 11.4 Å². The first kappa shape index (κ1) is 12.2. The lowest BCUT2D eigenvalue weighted by Gasteiger charge is -2.06. The normalized spacial score (nSPS) is 10.6. The number of rotatable bonds is 2. The summed E-state index contributed by atoms with van der Waals surface area (Å²) in [6.45, 7) is 0. The van der Waals surface area contributed by atoms with Crippen molar-refractivity contribution >= 4 is 16.9 Å². The maximum Gasteiger partial charge on any atom is 0.343 e. The minimum Gasteiger partial charge on any atom is -0.477 e. The highest BCUT2D eigenvalue weighted by atomic mass is 16.4. The quantitative estimate of drug-likeness (QED) is 0.773. The summed E-state index contributed by atoms with van der Waals surface area (Å²) in [7, 11) is 0. The summed E-state index contributed by atoms with van der Waals surface area (Å²) in [5.41, 5.74) is 0.0715. The van der Waals surface area contributed by atoms with Gasteiger partial charge in [-0.15, -0.1) is 0 Å². The van der Waals surface area contributed by atoms with E-state index in [1.165, 1.54) is 0 Å². The summed E-state index contributed by atoms with van der Waals surface area (Å²) >= 11 is 0. The van der Waals surface area contributed by atoms with Crippen LogP contribution in [0.2, 0.25) is 0 Å². The van der Waals surface area contributed by atoms with Gasteiger partial charge in [-0.05, 0) is 12.1 Å². The zero-order valence-corrected chi connectivity index (χ0v) is 10.4. The second-order valence-electron chi connectivity index (χ2n) is 4.30. The molecule has 0 spiro atoms. The van der Waals surface area contributed by atoms with E-state index in [1.54, 1.807) is 48.5 Å². The average Bonchev–Trinajstić information content (AvgIpc) is 2.47. The number of para-hydroxylation sites is 1. The van der Waals surface area contributed by atoms with Crippen molar-refractivity contribution in [2.45, 2.75) is 0 Å². The molecule has 0 radical (unpaired) electrons. The third-order valence-corrected chi connectivity index (χ3v) is 3.05. The Morgan fingerprint density at radius 3 is 2.30 bits per heavy atom. The van der Waals surface area contributed by atoms with E-state index in [0.29, 0.717) is 11.1 Å². The van der Waals surface area contributed by atoms with Gasteiger partial charge >= 0.3 is 5.97 Å². The van der Waals surface area contributed by atoms with Crippen molar-refractivity contribution in [2.75, 3.05) is 0 Å².